The minimum atomic E-state index is -0.568. The second-order valence-corrected chi connectivity index (χ2v) is 9.87. The molecule has 0 unspecified atom stereocenters. The Morgan fingerprint density at radius 3 is 2.86 bits per heavy atom. The number of nitrogens with zero attached hydrogens (tertiary/aromatic N) is 6. The molecule has 4 rings (SSSR count). The van der Waals surface area contributed by atoms with Crippen molar-refractivity contribution >= 4 is 17.2 Å². The maximum absolute atomic E-state index is 12.2. The molecule has 1 aliphatic heterocycles. The van der Waals surface area contributed by atoms with E-state index in [1.54, 1.807) is 19.1 Å². The van der Waals surface area contributed by atoms with Crippen LogP contribution in [0.15, 0.2) is 18.2 Å². The van der Waals surface area contributed by atoms with E-state index in [-0.39, 0.29) is 25.1 Å². The number of ether oxygens (including phenoxy) is 1. The quantitative estimate of drug-likeness (QED) is 0.487. The van der Waals surface area contributed by atoms with Crippen molar-refractivity contribution in [3.05, 3.63) is 40.7 Å². The van der Waals surface area contributed by atoms with Gasteiger partial charge in [-0.05, 0) is 45.9 Å². The monoisotopic (exact) mass is 495 g/mol. The second-order valence-electron chi connectivity index (χ2n) is 8.92. The normalized spacial score (nSPS) is 14.4. The van der Waals surface area contributed by atoms with E-state index in [2.05, 4.69) is 26.5 Å². The number of rotatable bonds is 8. The van der Waals surface area contributed by atoms with E-state index in [4.69, 9.17) is 9.84 Å². The molecule has 3 aromatic rings. The first kappa shape index (κ1) is 24.8. The second kappa shape index (κ2) is 10.5. The third kappa shape index (κ3) is 5.67. The van der Waals surface area contributed by atoms with Crippen LogP contribution in [0.1, 0.15) is 43.3 Å². The predicted octanol–water partition coefficient (Wildman–Crippen LogP) is 2.21. The number of fused-ring (bicyclic) bond motifs is 1. The predicted molar refractivity (Wildman–Crippen MR) is 131 cm³/mol. The molecule has 184 valence electrons. The number of carbonyl (C=O) groups excluding carboxylic acids is 1. The number of hydrogen-bond donors (Lipinski definition) is 2. The van der Waals surface area contributed by atoms with Crippen LogP contribution in [0.2, 0.25) is 0 Å². The van der Waals surface area contributed by atoms with Crippen LogP contribution in [0.4, 0.5) is 0 Å². The molecule has 1 amide bonds. The average Bonchev–Trinajstić information content (AvgIpc) is 3.43. The summed E-state index contributed by atoms with van der Waals surface area (Å²) in [6.45, 7) is 9.35. The minimum Gasteiger partial charge on any atom is -0.490 e. The third-order valence-electron chi connectivity index (χ3n) is 5.64. The molecule has 2 aromatic heterocycles. The molecule has 0 saturated heterocycles. The molecule has 11 heteroatoms. The van der Waals surface area contributed by atoms with Crippen molar-refractivity contribution in [3.8, 4) is 27.5 Å². The molecule has 1 aromatic carbocycles. The number of aliphatic hydroxyl groups is 1. The summed E-state index contributed by atoms with van der Waals surface area (Å²) in [6.07, 6.45) is 0.146. The van der Waals surface area contributed by atoms with E-state index >= 15 is 0 Å². The van der Waals surface area contributed by atoms with Crippen molar-refractivity contribution in [2.75, 3.05) is 19.6 Å². The van der Waals surface area contributed by atoms with Crippen LogP contribution >= 0.6 is 11.3 Å². The largest absolute Gasteiger partial charge is 0.490 e. The van der Waals surface area contributed by atoms with Gasteiger partial charge in [0.25, 0.3) is 0 Å². The van der Waals surface area contributed by atoms with Crippen molar-refractivity contribution in [3.63, 3.8) is 0 Å². The van der Waals surface area contributed by atoms with Crippen molar-refractivity contribution < 1.29 is 14.6 Å². The Labute approximate surface area is 208 Å². The van der Waals surface area contributed by atoms with Crippen LogP contribution in [0.25, 0.3) is 15.7 Å². The Morgan fingerprint density at radius 1 is 1.34 bits per heavy atom. The average molecular weight is 496 g/mol. The van der Waals surface area contributed by atoms with Gasteiger partial charge in [-0.15, -0.1) is 10.2 Å². The van der Waals surface area contributed by atoms with E-state index < -0.39 is 6.10 Å². The number of amides is 1. The van der Waals surface area contributed by atoms with E-state index in [1.807, 2.05) is 31.5 Å². The molecular formula is C24H29N7O3S. The van der Waals surface area contributed by atoms with Gasteiger partial charge in [0.05, 0.1) is 30.0 Å². The molecule has 0 radical (unpaired) electrons. The van der Waals surface area contributed by atoms with Crippen LogP contribution in [-0.4, -0.2) is 67.7 Å². The Balaban J connectivity index is 1.51. The summed E-state index contributed by atoms with van der Waals surface area (Å²) in [4.78, 5) is 14.2. The first-order chi connectivity index (χ1) is 16.7. The number of nitriles is 1. The molecule has 10 nitrogen and oxygen atoms in total. The Hall–Kier alpha value is -3.33. The van der Waals surface area contributed by atoms with Gasteiger partial charge < -0.3 is 15.2 Å². The molecule has 0 aliphatic carbocycles. The minimum absolute atomic E-state index is 0.0237. The molecule has 1 aliphatic rings. The molecule has 0 saturated carbocycles. The smallest absolute Gasteiger partial charge is 0.234 e. The standard InChI is InChI=1S/C24H29N7O3S/c1-14(2)34-21-6-5-17(9-18(21)10-25)23-27-28-24(35-23)31-16(4)19-12-30(8-7-20(19)29-31)13-22(33)26-11-15(3)32/h5-6,9,14-15,32H,7-8,11-13H2,1-4H3,(H,26,33)/t15-/m1/s1. The summed E-state index contributed by atoms with van der Waals surface area (Å²) in [7, 11) is 0. The molecule has 0 bridgehead atoms. The zero-order valence-corrected chi connectivity index (χ0v) is 21.1. The van der Waals surface area contributed by atoms with Crippen molar-refractivity contribution in [1.29, 1.82) is 5.26 Å². The van der Waals surface area contributed by atoms with Gasteiger partial charge in [-0.3, -0.25) is 9.69 Å². The lowest BCUT2D eigenvalue weighted by atomic mass is 10.1. The first-order valence-electron chi connectivity index (χ1n) is 11.5. The van der Waals surface area contributed by atoms with E-state index in [9.17, 15) is 15.2 Å². The van der Waals surface area contributed by atoms with Crippen LogP contribution in [-0.2, 0) is 17.8 Å². The highest BCUT2D eigenvalue weighted by atomic mass is 32.1. The zero-order valence-electron chi connectivity index (χ0n) is 20.3. The van der Waals surface area contributed by atoms with Crippen molar-refractivity contribution in [2.24, 2.45) is 0 Å². The molecule has 3 heterocycles. The van der Waals surface area contributed by atoms with Gasteiger partial charge in [-0.1, -0.05) is 11.3 Å². The molecule has 1 atom stereocenters. The highest BCUT2D eigenvalue weighted by Crippen LogP contribution is 2.31. The fourth-order valence-corrected chi connectivity index (χ4v) is 4.78. The summed E-state index contributed by atoms with van der Waals surface area (Å²) < 4.78 is 7.52. The van der Waals surface area contributed by atoms with Gasteiger partial charge in [0, 0.05) is 42.9 Å². The summed E-state index contributed by atoms with van der Waals surface area (Å²) in [6, 6.07) is 7.63. The van der Waals surface area contributed by atoms with Gasteiger partial charge in [0.2, 0.25) is 11.0 Å². The van der Waals surface area contributed by atoms with Crippen LogP contribution in [0, 0.1) is 18.3 Å². The maximum Gasteiger partial charge on any atom is 0.234 e. The fraction of sp³-hybridized carbons (Fsp3) is 0.458. The van der Waals surface area contributed by atoms with Crippen molar-refractivity contribution in [1.82, 2.24) is 30.2 Å². The third-order valence-corrected chi connectivity index (χ3v) is 6.58. The number of benzene rings is 1. The van der Waals surface area contributed by atoms with E-state index in [1.165, 1.54) is 11.3 Å². The summed E-state index contributed by atoms with van der Waals surface area (Å²) in [5.41, 5.74) is 4.32. The topological polar surface area (TPSA) is 129 Å². The van der Waals surface area contributed by atoms with Crippen LogP contribution in [0.5, 0.6) is 5.75 Å². The lowest BCUT2D eigenvalue weighted by Gasteiger charge is -2.25. The molecule has 0 spiro atoms. The van der Waals surface area contributed by atoms with Gasteiger partial charge in [-0.25, -0.2) is 4.68 Å². The number of aliphatic hydroxyl groups excluding tert-OH is 1. The molecule has 0 fully saturated rings. The molecule has 35 heavy (non-hydrogen) atoms. The summed E-state index contributed by atoms with van der Waals surface area (Å²) in [5, 5.41) is 36.4. The van der Waals surface area contributed by atoms with Gasteiger partial charge >= 0.3 is 0 Å². The number of nitrogens with one attached hydrogen (secondary N) is 1. The maximum atomic E-state index is 12.2. The van der Waals surface area contributed by atoms with Gasteiger partial charge in [-0.2, -0.15) is 10.4 Å². The zero-order chi connectivity index (χ0) is 25.1. The lowest BCUT2D eigenvalue weighted by molar-refractivity contribution is -0.122. The Kier molecular flexibility index (Phi) is 7.45. The van der Waals surface area contributed by atoms with Gasteiger partial charge in [0.15, 0.2) is 0 Å². The number of hydrogen-bond acceptors (Lipinski definition) is 9. The summed E-state index contributed by atoms with van der Waals surface area (Å²) >= 11 is 1.40. The first-order valence-corrected chi connectivity index (χ1v) is 12.4. The van der Waals surface area contributed by atoms with E-state index in [0.717, 1.165) is 35.5 Å². The number of carbonyl (C=O) groups is 1. The number of aromatic nitrogens is 4. The van der Waals surface area contributed by atoms with Crippen LogP contribution in [0.3, 0.4) is 0 Å². The highest BCUT2D eigenvalue weighted by Gasteiger charge is 2.25. The highest BCUT2D eigenvalue weighted by molar-refractivity contribution is 7.17. The SMILES string of the molecule is Cc1c2c(nn1-c1nnc(-c3ccc(OC(C)C)c(C#N)c3)s1)CCN(CC(=O)NC[C@@H](C)O)C2. The lowest BCUT2D eigenvalue weighted by Crippen LogP contribution is -2.41. The summed E-state index contributed by atoms with van der Waals surface area (Å²) in [5.74, 6) is 0.449. The van der Waals surface area contributed by atoms with Gasteiger partial charge in [0.1, 0.15) is 16.8 Å². The molecular weight excluding hydrogens is 466 g/mol. The Bertz CT molecular complexity index is 1260. The van der Waals surface area contributed by atoms with E-state index in [0.29, 0.717) is 28.0 Å². The Morgan fingerprint density at radius 2 is 2.14 bits per heavy atom. The van der Waals surface area contributed by atoms with Crippen LogP contribution < -0.4 is 10.1 Å². The fourth-order valence-electron chi connectivity index (χ4n) is 3.93. The van der Waals surface area contributed by atoms with Crippen molar-refractivity contribution in [2.45, 2.75) is 52.9 Å². The molecule has 2 N–H and O–H groups in total.